The largest absolute Gasteiger partial charge is 0.341 e. The lowest BCUT2D eigenvalue weighted by Crippen LogP contribution is -2.30. The van der Waals surface area contributed by atoms with Gasteiger partial charge in [0.05, 0.1) is 4.90 Å². The highest BCUT2D eigenvalue weighted by Crippen LogP contribution is 2.20. The minimum Gasteiger partial charge on any atom is -0.330 e. The number of benzene rings is 1. The van der Waals surface area contributed by atoms with Crippen LogP contribution in [0.3, 0.4) is 0 Å². The second-order valence-corrected chi connectivity index (χ2v) is 8.13. The molecule has 3 aromatic rings. The average molecular weight is 417 g/mol. The summed E-state index contributed by atoms with van der Waals surface area (Å²) in [5.74, 6) is -3.88. The summed E-state index contributed by atoms with van der Waals surface area (Å²) < 4.78 is 48.5. The number of aromatic nitrogens is 2. The highest BCUT2D eigenvalue weighted by Gasteiger charge is 2.27. The molecule has 29 heavy (non-hydrogen) atoms. The van der Waals surface area contributed by atoms with Gasteiger partial charge in [-0.1, -0.05) is 6.07 Å². The Morgan fingerprint density at radius 2 is 1.55 bits per heavy atom. The van der Waals surface area contributed by atoms with Crippen LogP contribution in [0.1, 0.15) is 21.5 Å². The van der Waals surface area contributed by atoms with Crippen LogP contribution in [0.2, 0.25) is 0 Å². The van der Waals surface area contributed by atoms with Gasteiger partial charge in [0.2, 0.25) is 9.84 Å². The summed E-state index contributed by atoms with van der Waals surface area (Å²) in [6.45, 7) is 0.555. The zero-order chi connectivity index (χ0) is 20.9. The topological polar surface area (TPSA) is 80.2 Å². The Hall–Kier alpha value is -3.20. The number of amides is 1. The highest BCUT2D eigenvalue weighted by atomic mass is 32.2. The molecule has 3 rings (SSSR count). The molecule has 1 aromatic carbocycles. The van der Waals surface area contributed by atoms with Gasteiger partial charge in [-0.25, -0.2) is 8.42 Å². The number of carbonyl (C=O) groups is 1. The van der Waals surface area contributed by atoms with E-state index in [2.05, 4.69) is 9.97 Å². The van der Waals surface area contributed by atoms with E-state index in [1.54, 1.807) is 47.9 Å². The molecule has 0 aliphatic heterocycles. The fourth-order valence-electron chi connectivity index (χ4n) is 2.69. The molecule has 9 heteroatoms. The molecule has 0 radical (unpaired) electrons. The number of hydrogen-bond acceptors (Lipinski definition) is 5. The molecule has 0 aliphatic carbocycles. The molecule has 0 saturated carbocycles. The predicted octanol–water partition coefficient (Wildman–Crippen LogP) is 3.32. The van der Waals surface area contributed by atoms with Gasteiger partial charge >= 0.3 is 5.76 Å². The average Bonchev–Trinajstić information content (AvgIpc) is 2.74. The van der Waals surface area contributed by atoms with Crippen LogP contribution in [-0.4, -0.2) is 35.0 Å². The molecular formula is C20H17F2N3O3S. The van der Waals surface area contributed by atoms with Crippen LogP contribution in [0, 0.1) is 0 Å². The molecule has 0 N–H and O–H groups in total. The molecule has 0 atom stereocenters. The summed E-state index contributed by atoms with van der Waals surface area (Å²) in [5.41, 5.74) is 1.86. The third-order valence-corrected chi connectivity index (χ3v) is 5.57. The van der Waals surface area contributed by atoms with Gasteiger partial charge in [0, 0.05) is 43.4 Å². The maximum atomic E-state index is 13.0. The third kappa shape index (κ3) is 5.00. The first-order valence-corrected chi connectivity index (χ1v) is 10.1. The maximum Gasteiger partial charge on any atom is 0.341 e. The molecular weight excluding hydrogens is 400 g/mol. The molecule has 0 saturated heterocycles. The second-order valence-electron chi connectivity index (χ2n) is 6.21. The number of alkyl halides is 2. The zero-order valence-electron chi connectivity index (χ0n) is 15.2. The Morgan fingerprint density at radius 3 is 2.14 bits per heavy atom. The van der Waals surface area contributed by atoms with Crippen LogP contribution >= 0.6 is 0 Å². The summed E-state index contributed by atoms with van der Waals surface area (Å²) in [6, 6.07) is 11.7. The standard InChI is InChI=1S/C20H17F2N3O3S/c21-20(22)29(27,28)18-5-3-17(4-6-18)19(26)25(13-15-7-10-23-11-8-15)14-16-2-1-9-24-12-16/h1-12,20H,13-14H2. The van der Waals surface area contributed by atoms with E-state index >= 15 is 0 Å². The molecule has 0 bridgehead atoms. The van der Waals surface area contributed by atoms with E-state index < -0.39 is 20.5 Å². The van der Waals surface area contributed by atoms with E-state index in [0.29, 0.717) is 0 Å². The van der Waals surface area contributed by atoms with Crippen molar-refractivity contribution in [3.8, 4) is 0 Å². The zero-order valence-corrected chi connectivity index (χ0v) is 16.0. The van der Waals surface area contributed by atoms with E-state index in [9.17, 15) is 22.0 Å². The van der Waals surface area contributed by atoms with Crippen molar-refractivity contribution in [2.75, 3.05) is 0 Å². The van der Waals surface area contributed by atoms with E-state index in [-0.39, 0.29) is 24.6 Å². The van der Waals surface area contributed by atoms with Gasteiger partial charge < -0.3 is 4.90 Å². The Labute approximate surface area is 166 Å². The fraction of sp³-hybridized carbons (Fsp3) is 0.150. The molecule has 150 valence electrons. The first-order valence-electron chi connectivity index (χ1n) is 8.57. The minimum atomic E-state index is -4.71. The van der Waals surface area contributed by atoms with E-state index in [1.807, 2.05) is 6.07 Å². The van der Waals surface area contributed by atoms with Crippen molar-refractivity contribution in [1.29, 1.82) is 0 Å². The van der Waals surface area contributed by atoms with Crippen LogP contribution in [0.4, 0.5) is 8.78 Å². The SMILES string of the molecule is O=C(c1ccc(S(=O)(=O)C(F)F)cc1)N(Cc1ccncc1)Cc1cccnc1. The van der Waals surface area contributed by atoms with Crippen LogP contribution in [-0.2, 0) is 22.9 Å². The normalized spacial score (nSPS) is 11.4. The van der Waals surface area contributed by atoms with Gasteiger partial charge in [0.1, 0.15) is 0 Å². The quantitative estimate of drug-likeness (QED) is 0.589. The van der Waals surface area contributed by atoms with E-state index in [4.69, 9.17) is 0 Å². The van der Waals surface area contributed by atoms with E-state index in [1.165, 1.54) is 12.1 Å². The summed E-state index contributed by atoms with van der Waals surface area (Å²) in [7, 11) is -4.71. The molecule has 0 unspecified atom stereocenters. The van der Waals surface area contributed by atoms with Gasteiger partial charge in [-0.3, -0.25) is 14.8 Å². The lowest BCUT2D eigenvalue weighted by molar-refractivity contribution is 0.0729. The maximum absolute atomic E-state index is 13.0. The van der Waals surface area contributed by atoms with Crippen molar-refractivity contribution in [3.63, 3.8) is 0 Å². The highest BCUT2D eigenvalue weighted by molar-refractivity contribution is 7.91. The number of rotatable bonds is 7. The number of sulfone groups is 1. The molecule has 0 spiro atoms. The lowest BCUT2D eigenvalue weighted by atomic mass is 10.1. The van der Waals surface area contributed by atoms with Crippen molar-refractivity contribution in [3.05, 3.63) is 90.0 Å². The Balaban J connectivity index is 1.87. The predicted molar refractivity (Wildman–Crippen MR) is 102 cm³/mol. The summed E-state index contributed by atoms with van der Waals surface area (Å²) in [4.78, 5) is 22.1. The summed E-state index contributed by atoms with van der Waals surface area (Å²) >= 11 is 0. The Morgan fingerprint density at radius 1 is 0.897 bits per heavy atom. The minimum absolute atomic E-state index is 0.191. The molecule has 2 aromatic heterocycles. The van der Waals surface area contributed by atoms with Crippen molar-refractivity contribution < 1.29 is 22.0 Å². The van der Waals surface area contributed by atoms with Crippen LogP contribution < -0.4 is 0 Å². The fourth-order valence-corrected chi connectivity index (χ4v) is 3.41. The van der Waals surface area contributed by atoms with Crippen molar-refractivity contribution >= 4 is 15.7 Å². The van der Waals surface area contributed by atoms with Gasteiger partial charge in [0.25, 0.3) is 5.91 Å². The van der Waals surface area contributed by atoms with Crippen LogP contribution in [0.25, 0.3) is 0 Å². The monoisotopic (exact) mass is 417 g/mol. The molecule has 0 fully saturated rings. The third-order valence-electron chi connectivity index (χ3n) is 4.17. The summed E-state index contributed by atoms with van der Waals surface area (Å²) in [6.07, 6.45) is 6.50. The smallest absolute Gasteiger partial charge is 0.330 e. The van der Waals surface area contributed by atoms with Crippen LogP contribution in [0.15, 0.2) is 78.2 Å². The van der Waals surface area contributed by atoms with E-state index in [0.717, 1.165) is 23.3 Å². The van der Waals surface area contributed by atoms with Gasteiger partial charge in [-0.15, -0.1) is 0 Å². The second kappa shape index (κ2) is 8.87. The number of hydrogen-bond donors (Lipinski definition) is 0. The van der Waals surface area contributed by atoms with Crippen molar-refractivity contribution in [1.82, 2.24) is 14.9 Å². The van der Waals surface area contributed by atoms with Crippen molar-refractivity contribution in [2.24, 2.45) is 0 Å². The van der Waals surface area contributed by atoms with Crippen molar-refractivity contribution in [2.45, 2.75) is 23.7 Å². The first-order chi connectivity index (χ1) is 13.9. The Bertz CT molecular complexity index is 1020. The number of nitrogens with zero attached hydrogens (tertiary/aromatic N) is 3. The summed E-state index contributed by atoms with van der Waals surface area (Å²) in [5, 5.41) is 0. The number of halogens is 2. The first kappa shape index (κ1) is 20.5. The number of pyridine rings is 2. The lowest BCUT2D eigenvalue weighted by Gasteiger charge is -2.23. The molecule has 1 amide bonds. The Kier molecular flexibility index (Phi) is 6.28. The molecule has 0 aliphatic rings. The number of carbonyl (C=O) groups excluding carboxylic acids is 1. The van der Waals surface area contributed by atoms with Crippen LogP contribution in [0.5, 0.6) is 0 Å². The molecule has 6 nitrogen and oxygen atoms in total. The molecule has 2 heterocycles. The van der Waals surface area contributed by atoms with Gasteiger partial charge in [-0.2, -0.15) is 8.78 Å². The van der Waals surface area contributed by atoms with Gasteiger partial charge in [-0.05, 0) is 53.6 Å². The van der Waals surface area contributed by atoms with Gasteiger partial charge in [0.15, 0.2) is 0 Å².